The topological polar surface area (TPSA) is 104 Å². The van der Waals surface area contributed by atoms with Crippen LogP contribution in [0.5, 0.6) is 0 Å². The Labute approximate surface area is 160 Å². The van der Waals surface area contributed by atoms with Gasteiger partial charge in [0.2, 0.25) is 15.9 Å². The lowest BCUT2D eigenvalue weighted by Crippen LogP contribution is -2.40. The molecule has 1 aromatic carbocycles. The zero-order valence-electron chi connectivity index (χ0n) is 15.3. The molecule has 150 valence electrons. The van der Waals surface area contributed by atoms with Crippen LogP contribution in [0.4, 0.5) is 5.69 Å². The van der Waals surface area contributed by atoms with Gasteiger partial charge in [-0.1, -0.05) is 6.07 Å². The summed E-state index contributed by atoms with van der Waals surface area (Å²) < 4.78 is 49.9. The van der Waals surface area contributed by atoms with Gasteiger partial charge in [0.05, 0.1) is 22.9 Å². The van der Waals surface area contributed by atoms with Crippen molar-refractivity contribution in [1.29, 1.82) is 0 Å². The molecule has 1 unspecified atom stereocenters. The van der Waals surface area contributed by atoms with E-state index in [9.17, 15) is 21.6 Å². The Morgan fingerprint density at radius 2 is 2.00 bits per heavy atom. The number of likely N-dealkylation sites (N-methyl/N-ethyl adjacent to an activating group) is 1. The van der Waals surface area contributed by atoms with Gasteiger partial charge in [-0.15, -0.1) is 0 Å². The predicted octanol–water partition coefficient (Wildman–Crippen LogP) is 0.529. The maximum atomic E-state index is 12.6. The average molecular weight is 416 g/mol. The van der Waals surface area contributed by atoms with Crippen molar-refractivity contribution in [1.82, 2.24) is 9.21 Å². The van der Waals surface area contributed by atoms with Crippen molar-refractivity contribution in [2.24, 2.45) is 0 Å². The maximum absolute atomic E-state index is 12.6. The normalized spacial score (nSPS) is 22.6. The van der Waals surface area contributed by atoms with Gasteiger partial charge in [-0.2, -0.15) is 4.31 Å². The van der Waals surface area contributed by atoms with Gasteiger partial charge in [-0.05, 0) is 37.5 Å². The number of hydrogen-bond acceptors (Lipinski definition) is 6. The molecule has 2 heterocycles. The highest BCUT2D eigenvalue weighted by Crippen LogP contribution is 2.23. The van der Waals surface area contributed by atoms with E-state index >= 15 is 0 Å². The molecule has 0 bridgehead atoms. The second kappa shape index (κ2) is 7.76. The minimum atomic E-state index is -3.51. The Balaban J connectivity index is 1.62. The quantitative estimate of drug-likeness (QED) is 0.727. The second-order valence-electron chi connectivity index (χ2n) is 7.05. The Kier molecular flexibility index (Phi) is 5.78. The van der Waals surface area contributed by atoms with Crippen molar-refractivity contribution < 1.29 is 21.6 Å². The van der Waals surface area contributed by atoms with Crippen molar-refractivity contribution >= 4 is 31.5 Å². The van der Waals surface area contributed by atoms with Crippen LogP contribution in [0.1, 0.15) is 19.3 Å². The average Bonchev–Trinajstić information content (AvgIpc) is 3.29. The molecule has 2 aliphatic heterocycles. The van der Waals surface area contributed by atoms with Gasteiger partial charge in [-0.3, -0.25) is 4.79 Å². The number of carbonyl (C=O) groups excluding carboxylic acids is 1. The highest BCUT2D eigenvalue weighted by Gasteiger charge is 2.32. The van der Waals surface area contributed by atoms with Crippen LogP contribution in [0, 0.1) is 0 Å². The summed E-state index contributed by atoms with van der Waals surface area (Å²) in [4.78, 5) is 14.0. The molecule has 1 N–H and O–H groups in total. The summed E-state index contributed by atoms with van der Waals surface area (Å²) in [6, 6.07) is 6.13. The Hall–Kier alpha value is -1.65. The number of sulfone groups is 1. The fourth-order valence-electron chi connectivity index (χ4n) is 3.43. The molecule has 8 nitrogen and oxygen atoms in total. The number of nitrogens with one attached hydrogen (secondary N) is 1. The molecule has 2 saturated heterocycles. The van der Waals surface area contributed by atoms with E-state index in [0.29, 0.717) is 25.2 Å². The minimum absolute atomic E-state index is 0.00119. The van der Waals surface area contributed by atoms with E-state index in [-0.39, 0.29) is 34.9 Å². The molecule has 0 aliphatic carbocycles. The third-order valence-electron chi connectivity index (χ3n) is 5.13. The van der Waals surface area contributed by atoms with Crippen molar-refractivity contribution in [3.8, 4) is 0 Å². The van der Waals surface area contributed by atoms with Gasteiger partial charge in [0.15, 0.2) is 9.84 Å². The highest BCUT2D eigenvalue weighted by molar-refractivity contribution is 7.91. The van der Waals surface area contributed by atoms with E-state index in [0.717, 1.165) is 12.8 Å². The summed E-state index contributed by atoms with van der Waals surface area (Å²) in [6.45, 7) is 1.04. The van der Waals surface area contributed by atoms with Gasteiger partial charge in [-0.25, -0.2) is 16.8 Å². The summed E-state index contributed by atoms with van der Waals surface area (Å²) in [6.07, 6.45) is 2.19. The van der Waals surface area contributed by atoms with Crippen LogP contribution in [0.25, 0.3) is 0 Å². The van der Waals surface area contributed by atoms with E-state index < -0.39 is 19.9 Å². The van der Waals surface area contributed by atoms with Gasteiger partial charge < -0.3 is 10.2 Å². The number of hydrogen-bond donors (Lipinski definition) is 1. The molecule has 1 amide bonds. The zero-order valence-corrected chi connectivity index (χ0v) is 16.9. The van der Waals surface area contributed by atoms with Crippen LogP contribution in [0.3, 0.4) is 0 Å². The number of carbonyl (C=O) groups is 1. The fourth-order valence-corrected chi connectivity index (χ4v) is 6.77. The first-order chi connectivity index (χ1) is 12.7. The lowest BCUT2D eigenvalue weighted by atomic mass is 10.2. The fraction of sp³-hybridized carbons (Fsp3) is 0.588. The summed E-state index contributed by atoms with van der Waals surface area (Å²) in [5.74, 6) is -0.123. The summed E-state index contributed by atoms with van der Waals surface area (Å²) >= 11 is 0. The van der Waals surface area contributed by atoms with Crippen molar-refractivity contribution in [2.45, 2.75) is 30.2 Å². The molecule has 1 aromatic rings. The minimum Gasteiger partial charge on any atom is -0.376 e. The molecule has 0 saturated carbocycles. The van der Waals surface area contributed by atoms with Crippen LogP contribution in [0.2, 0.25) is 0 Å². The maximum Gasteiger partial charge on any atom is 0.243 e. The Bertz CT molecular complexity index is 908. The number of anilines is 1. The summed E-state index contributed by atoms with van der Waals surface area (Å²) in [5, 5.41) is 2.95. The van der Waals surface area contributed by atoms with E-state index in [1.54, 1.807) is 25.2 Å². The number of benzene rings is 1. The summed E-state index contributed by atoms with van der Waals surface area (Å²) in [7, 11) is -4.97. The summed E-state index contributed by atoms with van der Waals surface area (Å²) in [5.41, 5.74) is 0.538. The van der Waals surface area contributed by atoms with Gasteiger partial charge in [0, 0.05) is 31.9 Å². The molecule has 2 fully saturated rings. The Morgan fingerprint density at radius 3 is 2.63 bits per heavy atom. The smallest absolute Gasteiger partial charge is 0.243 e. The largest absolute Gasteiger partial charge is 0.376 e. The molecule has 2 aliphatic rings. The van der Waals surface area contributed by atoms with Crippen molar-refractivity contribution in [3.63, 3.8) is 0 Å². The lowest BCUT2D eigenvalue weighted by Gasteiger charge is -2.23. The predicted molar refractivity (Wildman–Crippen MR) is 103 cm³/mol. The molecular formula is C17H25N3O5S2. The molecule has 0 spiro atoms. The zero-order chi connectivity index (χ0) is 19.7. The molecule has 10 heteroatoms. The number of nitrogens with zero attached hydrogens (tertiary/aromatic N) is 2. The first-order valence-electron chi connectivity index (χ1n) is 8.99. The third kappa shape index (κ3) is 4.61. The number of amides is 1. The standard InChI is InChI=1S/C17H25N3O5S2/c1-19(15-7-10-26(22,23)13-15)17(21)12-18-14-5-4-6-16(11-14)27(24,25)20-8-2-3-9-20/h4-6,11,15,18H,2-3,7-10,12-13H2,1H3. The van der Waals surface area contributed by atoms with Crippen LogP contribution >= 0.6 is 0 Å². The van der Waals surface area contributed by atoms with E-state index in [2.05, 4.69) is 5.32 Å². The van der Waals surface area contributed by atoms with Gasteiger partial charge >= 0.3 is 0 Å². The van der Waals surface area contributed by atoms with Gasteiger partial charge in [0.1, 0.15) is 0 Å². The molecular weight excluding hydrogens is 390 g/mol. The van der Waals surface area contributed by atoms with Crippen molar-refractivity contribution in [3.05, 3.63) is 24.3 Å². The third-order valence-corrected chi connectivity index (χ3v) is 8.78. The van der Waals surface area contributed by atoms with E-state index in [1.807, 2.05) is 0 Å². The first kappa shape index (κ1) is 20.1. The highest BCUT2D eigenvalue weighted by atomic mass is 32.2. The van der Waals surface area contributed by atoms with E-state index in [1.165, 1.54) is 15.3 Å². The van der Waals surface area contributed by atoms with E-state index in [4.69, 9.17) is 0 Å². The monoisotopic (exact) mass is 415 g/mol. The SMILES string of the molecule is CN(C(=O)CNc1cccc(S(=O)(=O)N2CCCC2)c1)C1CCS(=O)(=O)C1. The number of rotatable bonds is 6. The molecule has 0 radical (unpaired) electrons. The molecule has 27 heavy (non-hydrogen) atoms. The lowest BCUT2D eigenvalue weighted by molar-refractivity contribution is -0.129. The van der Waals surface area contributed by atoms with Crippen LogP contribution < -0.4 is 5.32 Å². The number of sulfonamides is 1. The second-order valence-corrected chi connectivity index (χ2v) is 11.2. The molecule has 0 aromatic heterocycles. The van der Waals surface area contributed by atoms with Crippen LogP contribution in [0.15, 0.2) is 29.2 Å². The Morgan fingerprint density at radius 1 is 1.30 bits per heavy atom. The van der Waals surface area contributed by atoms with Crippen LogP contribution in [-0.2, 0) is 24.7 Å². The first-order valence-corrected chi connectivity index (χ1v) is 12.3. The molecule has 1 atom stereocenters. The van der Waals surface area contributed by atoms with Crippen molar-refractivity contribution in [2.75, 3.05) is 43.5 Å². The molecule has 3 rings (SSSR count). The van der Waals surface area contributed by atoms with Crippen LogP contribution in [-0.4, -0.2) is 76.2 Å². The van der Waals surface area contributed by atoms with Gasteiger partial charge in [0.25, 0.3) is 0 Å².